The SMILES string of the molecule is CC(OC(=O)c1cc(-c2ccccc2)nc2nc(N3CCCCC3)sc12)C(=O)Nc1ncccn1. The van der Waals surface area contributed by atoms with Crippen molar-refractivity contribution in [3.8, 4) is 11.3 Å². The molecule has 0 radical (unpaired) electrons. The van der Waals surface area contributed by atoms with Crippen LogP contribution < -0.4 is 10.2 Å². The van der Waals surface area contributed by atoms with Gasteiger partial charge in [0, 0.05) is 31.0 Å². The number of amides is 1. The Morgan fingerprint density at radius 3 is 2.51 bits per heavy atom. The Balaban J connectivity index is 1.46. The van der Waals surface area contributed by atoms with Crippen molar-refractivity contribution in [1.82, 2.24) is 19.9 Å². The van der Waals surface area contributed by atoms with Gasteiger partial charge in [0.25, 0.3) is 5.91 Å². The van der Waals surface area contributed by atoms with Gasteiger partial charge in [0.15, 0.2) is 16.9 Å². The van der Waals surface area contributed by atoms with Gasteiger partial charge in [-0.25, -0.2) is 19.7 Å². The van der Waals surface area contributed by atoms with Crippen molar-refractivity contribution in [3.05, 3.63) is 60.4 Å². The highest BCUT2D eigenvalue weighted by atomic mass is 32.1. The number of ether oxygens (including phenoxy) is 1. The van der Waals surface area contributed by atoms with E-state index >= 15 is 0 Å². The molecule has 5 rings (SSSR count). The number of hydrogen-bond acceptors (Lipinski definition) is 9. The number of benzene rings is 1. The molecular weight excluding hydrogens is 464 g/mol. The van der Waals surface area contributed by atoms with E-state index in [0.717, 1.165) is 36.6 Å². The van der Waals surface area contributed by atoms with Crippen molar-refractivity contribution in [2.24, 2.45) is 0 Å². The summed E-state index contributed by atoms with van der Waals surface area (Å²) < 4.78 is 6.20. The average molecular weight is 489 g/mol. The van der Waals surface area contributed by atoms with Crippen LogP contribution in [0.15, 0.2) is 54.9 Å². The molecule has 1 unspecified atom stereocenters. The first-order chi connectivity index (χ1) is 17.1. The summed E-state index contributed by atoms with van der Waals surface area (Å²) >= 11 is 1.43. The maximum absolute atomic E-state index is 13.3. The van der Waals surface area contributed by atoms with Crippen LogP contribution in [0.4, 0.5) is 11.1 Å². The molecule has 1 fully saturated rings. The molecule has 0 aliphatic carbocycles. The number of carbonyl (C=O) groups is 2. The van der Waals surface area contributed by atoms with Crippen LogP contribution >= 0.6 is 11.3 Å². The Morgan fingerprint density at radius 1 is 1.03 bits per heavy atom. The Bertz CT molecular complexity index is 1340. The molecule has 1 aliphatic heterocycles. The predicted molar refractivity (Wildman–Crippen MR) is 134 cm³/mol. The molecule has 9 nitrogen and oxygen atoms in total. The van der Waals surface area contributed by atoms with Crippen LogP contribution in [0.5, 0.6) is 0 Å². The van der Waals surface area contributed by atoms with Crippen molar-refractivity contribution in [2.75, 3.05) is 23.3 Å². The molecule has 4 aromatic rings. The van der Waals surface area contributed by atoms with E-state index in [1.807, 2.05) is 30.3 Å². The van der Waals surface area contributed by atoms with Crippen molar-refractivity contribution in [2.45, 2.75) is 32.3 Å². The first kappa shape index (κ1) is 22.9. The fourth-order valence-electron chi connectivity index (χ4n) is 3.88. The van der Waals surface area contributed by atoms with Crippen molar-refractivity contribution in [3.63, 3.8) is 0 Å². The van der Waals surface area contributed by atoms with Crippen LogP contribution in [-0.2, 0) is 9.53 Å². The molecule has 1 aromatic carbocycles. The van der Waals surface area contributed by atoms with Crippen molar-refractivity contribution >= 4 is 44.6 Å². The Hall–Kier alpha value is -3.92. The van der Waals surface area contributed by atoms with Crippen LogP contribution in [0.1, 0.15) is 36.5 Å². The molecule has 1 N–H and O–H groups in total. The number of rotatable bonds is 6. The lowest BCUT2D eigenvalue weighted by Gasteiger charge is -2.25. The lowest BCUT2D eigenvalue weighted by atomic mass is 10.1. The quantitative estimate of drug-likeness (QED) is 0.400. The molecular formula is C25H24N6O3S. The van der Waals surface area contributed by atoms with Crippen LogP contribution in [0.25, 0.3) is 21.6 Å². The fraction of sp³-hybridized carbons (Fsp3) is 0.280. The second-order valence-corrected chi connectivity index (χ2v) is 9.20. The van der Waals surface area contributed by atoms with E-state index in [-0.39, 0.29) is 5.95 Å². The number of esters is 1. The highest BCUT2D eigenvalue weighted by Crippen LogP contribution is 2.34. The van der Waals surface area contributed by atoms with Crippen LogP contribution in [-0.4, -0.2) is 51.0 Å². The Labute approximate surface area is 206 Å². The molecule has 3 aromatic heterocycles. The van der Waals surface area contributed by atoms with Gasteiger partial charge in [-0.3, -0.25) is 10.1 Å². The second kappa shape index (κ2) is 10.1. The Morgan fingerprint density at radius 2 is 1.77 bits per heavy atom. The molecule has 0 spiro atoms. The summed E-state index contributed by atoms with van der Waals surface area (Å²) in [7, 11) is 0. The minimum Gasteiger partial charge on any atom is -0.449 e. The largest absolute Gasteiger partial charge is 0.449 e. The number of carbonyl (C=O) groups excluding carboxylic acids is 2. The van der Waals surface area contributed by atoms with E-state index in [4.69, 9.17) is 14.7 Å². The molecule has 0 bridgehead atoms. The van der Waals surface area contributed by atoms with Crippen molar-refractivity contribution in [1.29, 1.82) is 0 Å². The molecule has 1 amide bonds. The molecule has 178 valence electrons. The van der Waals surface area contributed by atoms with Gasteiger partial charge in [-0.15, -0.1) is 0 Å². The number of pyridine rings is 1. The third kappa shape index (κ3) is 5.12. The number of piperidine rings is 1. The number of anilines is 2. The zero-order valence-corrected chi connectivity index (χ0v) is 20.0. The number of nitrogens with one attached hydrogen (secondary N) is 1. The van der Waals surface area contributed by atoms with Gasteiger partial charge >= 0.3 is 5.97 Å². The lowest BCUT2D eigenvalue weighted by molar-refractivity contribution is -0.123. The molecule has 1 aliphatic rings. The molecule has 10 heteroatoms. The van der Waals surface area contributed by atoms with Gasteiger partial charge < -0.3 is 9.64 Å². The number of hydrogen-bond donors (Lipinski definition) is 1. The number of fused-ring (bicyclic) bond motifs is 1. The summed E-state index contributed by atoms with van der Waals surface area (Å²) in [6, 6.07) is 13.0. The van der Waals surface area contributed by atoms with Crippen LogP contribution in [0.2, 0.25) is 0 Å². The summed E-state index contributed by atoms with van der Waals surface area (Å²) in [6.45, 7) is 3.38. The van der Waals surface area contributed by atoms with Gasteiger partial charge in [0.2, 0.25) is 5.95 Å². The maximum Gasteiger partial charge on any atom is 0.340 e. The van der Waals surface area contributed by atoms with Gasteiger partial charge in [-0.2, -0.15) is 4.98 Å². The normalized spacial score (nSPS) is 14.5. The first-order valence-corrected chi connectivity index (χ1v) is 12.3. The lowest BCUT2D eigenvalue weighted by Crippen LogP contribution is -2.30. The average Bonchev–Trinajstić information content (AvgIpc) is 3.34. The van der Waals surface area contributed by atoms with E-state index in [1.54, 1.807) is 12.1 Å². The van der Waals surface area contributed by atoms with E-state index in [1.165, 1.54) is 37.1 Å². The highest BCUT2D eigenvalue weighted by molar-refractivity contribution is 7.22. The minimum atomic E-state index is -1.05. The van der Waals surface area contributed by atoms with E-state index in [9.17, 15) is 9.59 Å². The van der Waals surface area contributed by atoms with Crippen LogP contribution in [0.3, 0.4) is 0 Å². The first-order valence-electron chi connectivity index (χ1n) is 11.5. The number of thiazole rings is 1. The molecule has 0 saturated carbocycles. The molecule has 1 saturated heterocycles. The monoisotopic (exact) mass is 488 g/mol. The van der Waals surface area contributed by atoms with E-state index in [2.05, 4.69) is 20.2 Å². The minimum absolute atomic E-state index is 0.145. The molecule has 35 heavy (non-hydrogen) atoms. The van der Waals surface area contributed by atoms with Gasteiger partial charge in [0.05, 0.1) is 16.0 Å². The predicted octanol–water partition coefficient (Wildman–Crippen LogP) is 4.32. The van der Waals surface area contributed by atoms with Gasteiger partial charge in [-0.05, 0) is 38.3 Å². The fourth-order valence-corrected chi connectivity index (χ4v) is 4.94. The third-order valence-electron chi connectivity index (χ3n) is 5.72. The van der Waals surface area contributed by atoms with E-state index < -0.39 is 18.0 Å². The van der Waals surface area contributed by atoms with Gasteiger partial charge in [-0.1, -0.05) is 41.7 Å². The Kier molecular flexibility index (Phi) is 6.62. The number of nitrogens with zero attached hydrogens (tertiary/aromatic N) is 5. The summed E-state index contributed by atoms with van der Waals surface area (Å²) in [5.74, 6) is -0.983. The zero-order chi connectivity index (χ0) is 24.2. The van der Waals surface area contributed by atoms with Gasteiger partial charge in [0.1, 0.15) is 0 Å². The highest BCUT2D eigenvalue weighted by Gasteiger charge is 2.25. The summed E-state index contributed by atoms with van der Waals surface area (Å²) in [5.41, 5.74) is 2.32. The summed E-state index contributed by atoms with van der Waals surface area (Å²) in [5, 5.41) is 3.40. The topological polar surface area (TPSA) is 110 Å². The third-order valence-corrected chi connectivity index (χ3v) is 6.86. The molecule has 4 heterocycles. The zero-order valence-electron chi connectivity index (χ0n) is 19.2. The van der Waals surface area contributed by atoms with Crippen molar-refractivity contribution < 1.29 is 14.3 Å². The maximum atomic E-state index is 13.3. The van der Waals surface area contributed by atoms with E-state index in [0.29, 0.717) is 21.6 Å². The smallest absolute Gasteiger partial charge is 0.340 e. The molecule has 1 atom stereocenters. The second-order valence-electron chi connectivity index (χ2n) is 8.23. The summed E-state index contributed by atoms with van der Waals surface area (Å²) in [6.07, 6.45) is 5.42. The summed E-state index contributed by atoms with van der Waals surface area (Å²) in [4.78, 5) is 45.5. The standard InChI is InChI=1S/C25H24N6O3S/c1-16(22(32)30-24-26-11-8-12-27-24)34-23(33)18-15-19(17-9-4-2-5-10-17)28-21-20(18)35-25(29-21)31-13-6-3-7-14-31/h2,4-5,8-12,15-16H,3,6-7,13-14H2,1H3,(H,26,27,30,32). The number of aromatic nitrogens is 4. The van der Waals surface area contributed by atoms with Crippen LogP contribution in [0, 0.1) is 0 Å².